The van der Waals surface area contributed by atoms with E-state index in [1.54, 1.807) is 6.08 Å². The molecule has 0 heterocycles. The molecule has 3 rings (SSSR count). The quantitative estimate of drug-likeness (QED) is 0.508. The van der Waals surface area contributed by atoms with Gasteiger partial charge < -0.3 is 15.2 Å². The van der Waals surface area contributed by atoms with Gasteiger partial charge in [-0.2, -0.15) is 0 Å². The molecule has 0 spiro atoms. The van der Waals surface area contributed by atoms with Crippen LogP contribution in [0, 0.1) is 6.92 Å². The fourth-order valence-corrected chi connectivity index (χ4v) is 3.03. The van der Waals surface area contributed by atoms with Crippen LogP contribution in [0.15, 0.2) is 84.9 Å². The van der Waals surface area contributed by atoms with Gasteiger partial charge in [0, 0.05) is 18.1 Å². The second-order valence-electron chi connectivity index (χ2n) is 7.23. The molecule has 0 bridgehead atoms. The maximum Gasteiger partial charge on any atom is 0.326 e. The summed E-state index contributed by atoms with van der Waals surface area (Å²) in [6.45, 7) is 2.44. The Morgan fingerprint density at radius 1 is 0.935 bits per heavy atom. The smallest absolute Gasteiger partial charge is 0.326 e. The van der Waals surface area contributed by atoms with Crippen LogP contribution >= 0.6 is 0 Å². The minimum absolute atomic E-state index is 0.214. The van der Waals surface area contributed by atoms with Crippen molar-refractivity contribution in [2.45, 2.75) is 26.0 Å². The van der Waals surface area contributed by atoms with Crippen molar-refractivity contribution in [3.8, 4) is 5.75 Å². The topological polar surface area (TPSA) is 75.6 Å². The average Bonchev–Trinajstić information content (AvgIpc) is 2.78. The maximum absolute atomic E-state index is 12.3. The monoisotopic (exact) mass is 415 g/mol. The summed E-state index contributed by atoms with van der Waals surface area (Å²) in [6.07, 6.45) is 3.17. The Morgan fingerprint density at radius 3 is 2.32 bits per heavy atom. The second kappa shape index (κ2) is 10.8. The van der Waals surface area contributed by atoms with Crippen LogP contribution in [0.5, 0.6) is 5.75 Å². The number of aliphatic carboxylic acids is 1. The van der Waals surface area contributed by atoms with Crippen LogP contribution in [0.2, 0.25) is 0 Å². The minimum atomic E-state index is -1.08. The van der Waals surface area contributed by atoms with Crippen molar-refractivity contribution in [2.75, 3.05) is 0 Å². The Hall–Kier alpha value is -3.86. The summed E-state index contributed by atoms with van der Waals surface area (Å²) < 4.78 is 5.92. The molecule has 0 saturated carbocycles. The van der Waals surface area contributed by atoms with E-state index in [0.717, 1.165) is 16.7 Å². The number of carboxylic acids is 1. The zero-order chi connectivity index (χ0) is 22.1. The molecule has 2 N–H and O–H groups in total. The van der Waals surface area contributed by atoms with Gasteiger partial charge >= 0.3 is 5.97 Å². The number of carboxylic acid groups (broad SMARTS) is 1. The number of hydrogen-bond donors (Lipinski definition) is 2. The molecule has 0 fully saturated rings. The number of carbonyl (C=O) groups excluding carboxylic acids is 1. The van der Waals surface area contributed by atoms with E-state index in [9.17, 15) is 14.7 Å². The lowest BCUT2D eigenvalue weighted by atomic mass is 10.1. The van der Waals surface area contributed by atoms with Crippen molar-refractivity contribution in [1.82, 2.24) is 5.32 Å². The van der Waals surface area contributed by atoms with Gasteiger partial charge in [0.1, 0.15) is 18.4 Å². The fraction of sp³-hybridized carbons (Fsp3) is 0.154. The molecule has 5 nitrogen and oxygen atoms in total. The first-order valence-electron chi connectivity index (χ1n) is 10.0. The molecular formula is C26H25NO4. The van der Waals surface area contributed by atoms with Gasteiger partial charge in [0.2, 0.25) is 5.91 Å². The molecule has 0 aliphatic heterocycles. The van der Waals surface area contributed by atoms with E-state index < -0.39 is 17.9 Å². The van der Waals surface area contributed by atoms with Gasteiger partial charge in [0.15, 0.2) is 0 Å². The van der Waals surface area contributed by atoms with Crippen molar-refractivity contribution in [3.63, 3.8) is 0 Å². The standard InChI is InChI=1S/C26H25NO4/c1-19-11-13-21(14-12-19)18-31-24-10-6-5-9-22(24)15-16-25(28)27-23(26(29)30)17-20-7-3-2-4-8-20/h2-16,23H,17-18H2,1H3,(H,27,28)(H,29,30)/b16-15+/t23-/m0/s1. The highest BCUT2D eigenvalue weighted by Gasteiger charge is 2.19. The predicted octanol–water partition coefficient (Wildman–Crippen LogP) is 4.40. The SMILES string of the molecule is Cc1ccc(COc2ccccc2/C=C/C(=O)N[C@@H](Cc2ccccc2)C(=O)O)cc1. The number of amides is 1. The number of aryl methyl sites for hydroxylation is 1. The molecule has 158 valence electrons. The van der Waals surface area contributed by atoms with Gasteiger partial charge in [-0.15, -0.1) is 0 Å². The highest BCUT2D eigenvalue weighted by atomic mass is 16.5. The molecule has 3 aromatic rings. The number of ether oxygens (including phenoxy) is 1. The fourth-order valence-electron chi connectivity index (χ4n) is 3.03. The summed E-state index contributed by atoms with van der Waals surface area (Å²) in [7, 11) is 0. The van der Waals surface area contributed by atoms with Gasteiger partial charge in [-0.25, -0.2) is 4.79 Å². The normalized spacial score (nSPS) is 11.8. The molecule has 31 heavy (non-hydrogen) atoms. The molecule has 0 aromatic heterocycles. The maximum atomic E-state index is 12.3. The third-order valence-electron chi connectivity index (χ3n) is 4.75. The van der Waals surface area contributed by atoms with Crippen LogP contribution < -0.4 is 10.1 Å². The van der Waals surface area contributed by atoms with Crippen molar-refractivity contribution in [2.24, 2.45) is 0 Å². The molecule has 0 unspecified atom stereocenters. The van der Waals surface area contributed by atoms with Gasteiger partial charge in [0.25, 0.3) is 0 Å². The molecular weight excluding hydrogens is 390 g/mol. The van der Waals surface area contributed by atoms with Crippen LogP contribution in [-0.2, 0) is 22.6 Å². The van der Waals surface area contributed by atoms with Crippen molar-refractivity contribution >= 4 is 18.0 Å². The Kier molecular flexibility index (Phi) is 7.60. The lowest BCUT2D eigenvalue weighted by Crippen LogP contribution is -2.41. The van der Waals surface area contributed by atoms with E-state index >= 15 is 0 Å². The minimum Gasteiger partial charge on any atom is -0.488 e. The number of hydrogen-bond acceptors (Lipinski definition) is 3. The van der Waals surface area contributed by atoms with Crippen molar-refractivity contribution in [1.29, 1.82) is 0 Å². The van der Waals surface area contributed by atoms with Gasteiger partial charge in [-0.05, 0) is 30.2 Å². The van der Waals surface area contributed by atoms with E-state index in [1.165, 1.54) is 11.6 Å². The van der Waals surface area contributed by atoms with Gasteiger partial charge in [-0.3, -0.25) is 4.79 Å². The highest BCUT2D eigenvalue weighted by Crippen LogP contribution is 2.21. The predicted molar refractivity (Wildman–Crippen MR) is 121 cm³/mol. The first kappa shape index (κ1) is 21.8. The molecule has 1 amide bonds. The van der Waals surface area contributed by atoms with Gasteiger partial charge in [-0.1, -0.05) is 78.4 Å². The van der Waals surface area contributed by atoms with Crippen molar-refractivity contribution < 1.29 is 19.4 Å². The van der Waals surface area contributed by atoms with Crippen LogP contribution in [0.3, 0.4) is 0 Å². The summed E-state index contributed by atoms with van der Waals surface area (Å²) in [5.74, 6) is -0.907. The average molecular weight is 415 g/mol. The number of carbonyl (C=O) groups is 2. The summed E-state index contributed by atoms with van der Waals surface area (Å²) in [5, 5.41) is 12.0. The first-order chi connectivity index (χ1) is 15.0. The molecule has 0 aliphatic carbocycles. The Bertz CT molecular complexity index is 1040. The van der Waals surface area contributed by atoms with Crippen LogP contribution in [0.1, 0.15) is 22.3 Å². The van der Waals surface area contributed by atoms with E-state index in [-0.39, 0.29) is 6.42 Å². The number of para-hydroxylation sites is 1. The second-order valence-corrected chi connectivity index (χ2v) is 7.23. The molecule has 1 atom stereocenters. The Balaban J connectivity index is 1.63. The molecule has 0 radical (unpaired) electrons. The van der Waals surface area contributed by atoms with E-state index in [1.807, 2.05) is 85.8 Å². The van der Waals surface area contributed by atoms with Crippen LogP contribution in [0.25, 0.3) is 6.08 Å². The zero-order valence-corrected chi connectivity index (χ0v) is 17.3. The van der Waals surface area contributed by atoms with Crippen LogP contribution in [0.4, 0.5) is 0 Å². The summed E-state index contributed by atoms with van der Waals surface area (Å²) in [6, 6.07) is 23.7. The van der Waals surface area contributed by atoms with Gasteiger partial charge in [0.05, 0.1) is 0 Å². The largest absolute Gasteiger partial charge is 0.488 e. The lowest BCUT2D eigenvalue weighted by molar-refractivity contribution is -0.141. The lowest BCUT2D eigenvalue weighted by Gasteiger charge is -2.13. The third-order valence-corrected chi connectivity index (χ3v) is 4.75. The van der Waals surface area contributed by atoms with E-state index in [2.05, 4.69) is 5.32 Å². The highest BCUT2D eigenvalue weighted by molar-refractivity contribution is 5.94. The number of benzene rings is 3. The van der Waals surface area contributed by atoms with Crippen LogP contribution in [-0.4, -0.2) is 23.0 Å². The van der Waals surface area contributed by atoms with E-state index in [0.29, 0.717) is 12.4 Å². The number of rotatable bonds is 9. The van der Waals surface area contributed by atoms with E-state index in [4.69, 9.17) is 4.74 Å². The molecule has 5 heteroatoms. The number of nitrogens with one attached hydrogen (secondary N) is 1. The zero-order valence-electron chi connectivity index (χ0n) is 17.3. The summed E-state index contributed by atoms with van der Waals surface area (Å²) >= 11 is 0. The summed E-state index contributed by atoms with van der Waals surface area (Å²) in [4.78, 5) is 23.9. The molecule has 0 aliphatic rings. The Labute approximate surface area is 182 Å². The van der Waals surface area contributed by atoms with Crippen molar-refractivity contribution in [3.05, 3.63) is 107 Å². The first-order valence-corrected chi connectivity index (χ1v) is 10.0. The molecule has 0 saturated heterocycles. The summed E-state index contributed by atoms with van der Waals surface area (Å²) in [5.41, 5.74) is 3.81. The Morgan fingerprint density at radius 2 is 1.61 bits per heavy atom. The molecule has 3 aromatic carbocycles. The third kappa shape index (κ3) is 6.85.